The average Bonchev–Trinajstić information content (AvgIpc) is 3.46. The van der Waals surface area contributed by atoms with Crippen molar-refractivity contribution < 1.29 is 28.7 Å². The molecule has 200 valence electrons. The topological polar surface area (TPSA) is 140 Å². The van der Waals surface area contributed by atoms with E-state index in [1.165, 1.54) is 12.0 Å². The predicted molar refractivity (Wildman–Crippen MR) is 139 cm³/mol. The molecule has 3 aliphatic rings. The zero-order chi connectivity index (χ0) is 27.4. The van der Waals surface area contributed by atoms with Crippen LogP contribution in [-0.2, 0) is 31.1 Å². The van der Waals surface area contributed by atoms with Crippen LogP contribution in [0.15, 0.2) is 30.3 Å². The van der Waals surface area contributed by atoms with Crippen LogP contribution in [0.4, 0.5) is 5.69 Å². The number of halogens is 1. The van der Waals surface area contributed by atoms with E-state index in [2.05, 4.69) is 10.6 Å². The van der Waals surface area contributed by atoms with Gasteiger partial charge in [0, 0.05) is 24.6 Å². The number of carbonyl (C=O) groups excluding carboxylic acids is 4. The lowest BCUT2D eigenvalue weighted by Crippen LogP contribution is -2.53. The summed E-state index contributed by atoms with van der Waals surface area (Å²) in [6.45, 7) is 1.97. The number of rotatable bonds is 8. The molecule has 3 heterocycles. The maximum atomic E-state index is 13.9. The highest BCUT2D eigenvalue weighted by atomic mass is 35.5. The third-order valence-electron chi connectivity index (χ3n) is 7.79. The van der Waals surface area contributed by atoms with Crippen LogP contribution in [0.1, 0.15) is 29.5 Å². The molecule has 0 radical (unpaired) electrons. The second-order valence-electron chi connectivity index (χ2n) is 9.96. The number of hydrogen-bond donors (Lipinski definition) is 3. The lowest BCUT2D eigenvalue weighted by molar-refractivity contribution is -0.142. The van der Waals surface area contributed by atoms with Crippen LogP contribution in [-0.4, -0.2) is 55.3 Å². The first-order chi connectivity index (χ1) is 18.1. The zero-order valence-corrected chi connectivity index (χ0v) is 22.1. The van der Waals surface area contributed by atoms with Crippen molar-refractivity contribution in [1.29, 1.82) is 0 Å². The molecule has 0 saturated carbocycles. The first-order valence-corrected chi connectivity index (χ1v) is 12.7. The van der Waals surface area contributed by atoms with Crippen molar-refractivity contribution in [1.82, 2.24) is 10.2 Å². The van der Waals surface area contributed by atoms with Gasteiger partial charge in [-0.2, -0.15) is 0 Å². The first kappa shape index (κ1) is 26.0. The summed E-state index contributed by atoms with van der Waals surface area (Å²) in [4.78, 5) is 54.1. The van der Waals surface area contributed by atoms with E-state index in [4.69, 9.17) is 26.8 Å². The highest BCUT2D eigenvalue weighted by Gasteiger charge is 2.70. The Hall–Kier alpha value is -3.63. The van der Waals surface area contributed by atoms with Gasteiger partial charge in [0.25, 0.3) is 0 Å². The van der Waals surface area contributed by atoms with Gasteiger partial charge >= 0.3 is 0 Å². The number of anilines is 1. The number of nitrogens with zero attached hydrogens (tertiary/aromatic N) is 1. The maximum absolute atomic E-state index is 13.9. The van der Waals surface area contributed by atoms with Gasteiger partial charge < -0.3 is 20.5 Å². The summed E-state index contributed by atoms with van der Waals surface area (Å²) >= 11 is 6.46. The van der Waals surface area contributed by atoms with E-state index in [0.29, 0.717) is 34.2 Å². The zero-order valence-electron chi connectivity index (χ0n) is 21.3. The molecule has 10 nitrogen and oxygen atoms in total. The number of benzene rings is 2. The van der Waals surface area contributed by atoms with Gasteiger partial charge in [-0.25, -0.2) is 0 Å². The van der Waals surface area contributed by atoms with E-state index in [0.717, 1.165) is 11.1 Å². The van der Waals surface area contributed by atoms with Crippen molar-refractivity contribution >= 4 is 40.9 Å². The minimum Gasteiger partial charge on any atom is -0.493 e. The molecule has 3 aliphatic heterocycles. The van der Waals surface area contributed by atoms with Gasteiger partial charge in [0.15, 0.2) is 11.5 Å². The smallest absolute Gasteiger partial charge is 0.250 e. The number of amides is 4. The van der Waals surface area contributed by atoms with Crippen LogP contribution in [0.5, 0.6) is 11.5 Å². The number of primary amides is 1. The third-order valence-corrected chi connectivity index (χ3v) is 8.08. The Morgan fingerprint density at radius 1 is 1.11 bits per heavy atom. The van der Waals surface area contributed by atoms with Crippen LogP contribution in [0.3, 0.4) is 0 Å². The lowest BCUT2D eigenvalue weighted by Gasteiger charge is -2.29. The molecule has 4 N–H and O–H groups in total. The quantitative estimate of drug-likeness (QED) is 0.434. The van der Waals surface area contributed by atoms with Gasteiger partial charge in [0.05, 0.1) is 36.8 Å². The summed E-state index contributed by atoms with van der Waals surface area (Å²) in [7, 11) is 3.08. The number of methoxy groups -OCH3 is 2. The van der Waals surface area contributed by atoms with Gasteiger partial charge in [0.2, 0.25) is 23.6 Å². The fraction of sp³-hybridized carbons (Fsp3) is 0.407. The highest BCUT2D eigenvalue weighted by Crippen LogP contribution is 2.55. The molecule has 11 heteroatoms. The molecule has 0 aromatic heterocycles. The number of carbonyl (C=O) groups is 4. The molecule has 2 saturated heterocycles. The average molecular weight is 541 g/mol. The predicted octanol–water partition coefficient (Wildman–Crippen LogP) is 1.89. The van der Waals surface area contributed by atoms with Crippen LogP contribution >= 0.6 is 11.6 Å². The Kier molecular flexibility index (Phi) is 6.56. The van der Waals surface area contributed by atoms with Gasteiger partial charge in [-0.15, -0.1) is 0 Å². The summed E-state index contributed by atoms with van der Waals surface area (Å²) in [6.07, 6.45) is 0.605. The van der Waals surface area contributed by atoms with Crippen molar-refractivity contribution in [3.63, 3.8) is 0 Å². The summed E-state index contributed by atoms with van der Waals surface area (Å²) in [5.41, 5.74) is 6.53. The fourth-order valence-electron chi connectivity index (χ4n) is 6.10. The Labute approximate surface area is 224 Å². The molecule has 2 fully saturated rings. The van der Waals surface area contributed by atoms with Crippen molar-refractivity contribution in [2.75, 3.05) is 26.1 Å². The van der Waals surface area contributed by atoms with Gasteiger partial charge in [-0.3, -0.25) is 29.4 Å². The Balaban J connectivity index is 1.50. The minimum atomic E-state index is -1.48. The van der Waals surface area contributed by atoms with Crippen LogP contribution in [0.25, 0.3) is 0 Å². The molecule has 5 rings (SSSR count). The summed E-state index contributed by atoms with van der Waals surface area (Å²) in [5, 5.41) is 6.47. The van der Waals surface area contributed by atoms with E-state index in [1.807, 2.05) is 19.1 Å². The molecule has 0 bridgehead atoms. The molecule has 4 amide bonds. The van der Waals surface area contributed by atoms with Gasteiger partial charge in [0.1, 0.15) is 5.54 Å². The number of nitrogens with two attached hydrogens (primary N) is 1. The van der Waals surface area contributed by atoms with Gasteiger partial charge in [-0.1, -0.05) is 23.7 Å². The number of imide groups is 1. The normalized spacial score (nSPS) is 25.5. The molecular weight excluding hydrogens is 512 g/mol. The molecule has 1 spiro atoms. The number of hydrogen-bond acceptors (Lipinski definition) is 7. The number of aryl methyl sites for hydroxylation is 1. The van der Waals surface area contributed by atoms with Crippen molar-refractivity contribution in [3.8, 4) is 11.5 Å². The highest BCUT2D eigenvalue weighted by molar-refractivity contribution is 6.35. The van der Waals surface area contributed by atoms with Crippen molar-refractivity contribution in [2.45, 2.75) is 37.8 Å². The molecule has 38 heavy (non-hydrogen) atoms. The monoisotopic (exact) mass is 540 g/mol. The van der Waals surface area contributed by atoms with Gasteiger partial charge in [-0.05, 0) is 49.1 Å². The fourth-order valence-corrected chi connectivity index (χ4v) is 6.42. The first-order valence-electron chi connectivity index (χ1n) is 12.4. The van der Waals surface area contributed by atoms with E-state index in [-0.39, 0.29) is 25.3 Å². The van der Waals surface area contributed by atoms with Crippen LogP contribution in [0, 0.1) is 18.8 Å². The second kappa shape index (κ2) is 9.59. The maximum Gasteiger partial charge on any atom is 0.250 e. The minimum absolute atomic E-state index is 0.00707. The SMILES string of the molecule is COc1ccc(CCN2C(=O)[C@@H]3[C@H](CCC(N)=O)N[C@]4(C(=O)Nc5c(Cl)cc(C)cc54)[C@@H]3C2=O)cc1OC. The number of nitrogens with one attached hydrogen (secondary N) is 2. The molecule has 2 aromatic carbocycles. The third kappa shape index (κ3) is 3.90. The largest absolute Gasteiger partial charge is 0.493 e. The molecule has 4 atom stereocenters. The Morgan fingerprint density at radius 2 is 1.84 bits per heavy atom. The molecule has 0 unspecified atom stereocenters. The summed E-state index contributed by atoms with van der Waals surface area (Å²) in [5.74, 6) is -2.48. The van der Waals surface area contributed by atoms with E-state index in [1.54, 1.807) is 25.3 Å². The van der Waals surface area contributed by atoms with Crippen molar-refractivity contribution in [2.24, 2.45) is 17.6 Å². The molecule has 0 aliphatic carbocycles. The summed E-state index contributed by atoms with van der Waals surface area (Å²) in [6, 6.07) is 8.34. The lowest BCUT2D eigenvalue weighted by atomic mass is 9.76. The number of ether oxygens (including phenoxy) is 2. The van der Waals surface area contributed by atoms with Crippen molar-refractivity contribution in [3.05, 3.63) is 52.0 Å². The summed E-state index contributed by atoms with van der Waals surface area (Å²) < 4.78 is 10.6. The van der Waals surface area contributed by atoms with Crippen LogP contribution < -0.4 is 25.8 Å². The number of likely N-dealkylation sites (tertiary alicyclic amines) is 1. The standard InChI is InChI=1S/C27H29ClN4O6/c1-13-10-15-23(16(28)11-13)30-26(36)27(15)22-21(17(31-27)5-7-20(29)33)24(34)32(25(22)35)9-8-14-4-6-18(37-2)19(12-14)38-3/h4,6,10-12,17,21-22,31H,5,7-9H2,1-3H3,(H2,29,33)(H,30,36)/t17-,21+,22-,27-/m0/s1. The van der Waals surface area contributed by atoms with E-state index >= 15 is 0 Å². The second-order valence-corrected chi connectivity index (χ2v) is 10.4. The molecule has 2 aromatic rings. The Bertz CT molecular complexity index is 1360. The Morgan fingerprint density at radius 3 is 2.53 bits per heavy atom. The number of fused-ring (bicyclic) bond motifs is 4. The molecular formula is C27H29ClN4O6. The van der Waals surface area contributed by atoms with Crippen LogP contribution in [0.2, 0.25) is 5.02 Å². The van der Waals surface area contributed by atoms with E-state index in [9.17, 15) is 19.2 Å². The van der Waals surface area contributed by atoms with E-state index < -0.39 is 41.1 Å².